The summed E-state index contributed by atoms with van der Waals surface area (Å²) in [6.07, 6.45) is 0.558. The number of alkyl halides is 1. The Hall–Kier alpha value is -0.180. The van der Waals surface area contributed by atoms with Crippen molar-refractivity contribution in [2.24, 2.45) is 0 Å². The normalized spacial score (nSPS) is 12.9. The van der Waals surface area contributed by atoms with Crippen LogP contribution < -0.4 is 0 Å². The summed E-state index contributed by atoms with van der Waals surface area (Å²) < 4.78 is 0. The molecule has 0 spiro atoms. The van der Waals surface area contributed by atoms with Gasteiger partial charge in [0.1, 0.15) is 11.1 Å². The molecule has 0 aromatic rings. The van der Waals surface area contributed by atoms with E-state index in [0.717, 1.165) is 0 Å². The number of hydrogen-bond donors (Lipinski definition) is 0. The van der Waals surface area contributed by atoms with Crippen molar-refractivity contribution in [2.45, 2.75) is 11.8 Å². The van der Waals surface area contributed by atoms with E-state index < -0.39 is 4.83 Å². The van der Waals surface area contributed by atoms with Crippen LogP contribution >= 0.6 is 15.9 Å². The maximum Gasteiger partial charge on any atom is 0.150 e. The Labute approximate surface area is 50.0 Å². The van der Waals surface area contributed by atoms with Gasteiger partial charge in [-0.15, -0.1) is 0 Å². The first-order valence-electron chi connectivity index (χ1n) is 1.78. The zero-order valence-corrected chi connectivity index (χ0v) is 5.44. The van der Waals surface area contributed by atoms with Crippen molar-refractivity contribution >= 4 is 28.0 Å². The second-order valence-corrected chi connectivity index (χ2v) is 2.14. The number of carbonyl (C=O) groups is 2. The largest absolute Gasteiger partial charge is 0.302 e. The first kappa shape index (κ1) is 6.82. The third kappa shape index (κ3) is 2.51. The number of rotatable bonds is 2. The molecule has 40 valence electrons. The number of hydrogen-bond acceptors (Lipinski definition) is 2. The van der Waals surface area contributed by atoms with Gasteiger partial charge in [-0.2, -0.15) is 0 Å². The molecule has 0 bridgehead atoms. The monoisotopic (exact) mass is 164 g/mol. The molecule has 7 heavy (non-hydrogen) atoms. The number of halogens is 1. The van der Waals surface area contributed by atoms with Crippen LogP contribution in [0.2, 0.25) is 0 Å². The van der Waals surface area contributed by atoms with E-state index in [1.165, 1.54) is 6.92 Å². The third-order valence-corrected chi connectivity index (χ3v) is 1.37. The second kappa shape index (κ2) is 2.91. The number of ketones is 1. The maximum atomic E-state index is 10.1. The van der Waals surface area contributed by atoms with E-state index in [1.54, 1.807) is 0 Å². The van der Waals surface area contributed by atoms with Gasteiger partial charge in [-0.25, -0.2) is 0 Å². The molecule has 0 aliphatic heterocycles. The Balaban J connectivity index is 3.55. The molecule has 0 rings (SSSR count). The minimum absolute atomic E-state index is 0.157. The van der Waals surface area contributed by atoms with E-state index >= 15 is 0 Å². The molecule has 0 aliphatic carbocycles. The Morgan fingerprint density at radius 2 is 2.29 bits per heavy atom. The van der Waals surface area contributed by atoms with Crippen molar-refractivity contribution in [1.29, 1.82) is 0 Å². The minimum atomic E-state index is -0.604. The van der Waals surface area contributed by atoms with Crippen molar-refractivity contribution in [3.05, 3.63) is 0 Å². The summed E-state index contributed by atoms with van der Waals surface area (Å²) in [5.41, 5.74) is 0. The number of Topliss-reactive ketones (excluding diaryl/α,β-unsaturated/α-hetero) is 1. The summed E-state index contributed by atoms with van der Waals surface area (Å²) in [4.78, 5) is 19.2. The van der Waals surface area contributed by atoms with Gasteiger partial charge in [-0.1, -0.05) is 15.9 Å². The molecule has 0 amide bonds. The average Bonchev–Trinajstić information content (AvgIpc) is 1.65. The molecule has 0 N–H and O–H groups in total. The molecule has 0 heterocycles. The van der Waals surface area contributed by atoms with Crippen molar-refractivity contribution in [3.8, 4) is 0 Å². The van der Waals surface area contributed by atoms with E-state index in [0.29, 0.717) is 6.29 Å². The lowest BCUT2D eigenvalue weighted by Gasteiger charge is -1.87. The van der Waals surface area contributed by atoms with Crippen LogP contribution in [0.3, 0.4) is 0 Å². The zero-order valence-electron chi connectivity index (χ0n) is 3.85. The lowest BCUT2D eigenvalue weighted by molar-refractivity contribution is -0.119. The lowest BCUT2D eigenvalue weighted by Crippen LogP contribution is -2.09. The number of carbonyl (C=O) groups excluding carboxylic acids is 2. The smallest absolute Gasteiger partial charge is 0.150 e. The van der Waals surface area contributed by atoms with E-state index in [2.05, 4.69) is 15.9 Å². The van der Waals surface area contributed by atoms with Gasteiger partial charge in [-0.3, -0.25) is 4.79 Å². The van der Waals surface area contributed by atoms with Crippen LogP contribution in [0.1, 0.15) is 6.92 Å². The van der Waals surface area contributed by atoms with E-state index in [1.807, 2.05) is 0 Å². The summed E-state index contributed by atoms with van der Waals surface area (Å²) in [6, 6.07) is 0. The lowest BCUT2D eigenvalue weighted by atomic mass is 10.3. The highest BCUT2D eigenvalue weighted by molar-refractivity contribution is 9.10. The number of aldehydes is 1. The molecule has 0 aromatic carbocycles. The van der Waals surface area contributed by atoms with Gasteiger partial charge in [0.2, 0.25) is 0 Å². The van der Waals surface area contributed by atoms with Gasteiger partial charge in [0.25, 0.3) is 0 Å². The Kier molecular flexibility index (Phi) is 2.83. The summed E-state index contributed by atoms with van der Waals surface area (Å²) in [7, 11) is 0. The van der Waals surface area contributed by atoms with Crippen LogP contribution in [0, 0.1) is 0 Å². The van der Waals surface area contributed by atoms with Crippen LogP contribution in [0.4, 0.5) is 0 Å². The van der Waals surface area contributed by atoms with Crippen molar-refractivity contribution in [2.75, 3.05) is 0 Å². The molecule has 0 radical (unpaired) electrons. The van der Waals surface area contributed by atoms with E-state index in [4.69, 9.17) is 0 Å². The topological polar surface area (TPSA) is 34.1 Å². The highest BCUT2D eigenvalue weighted by Gasteiger charge is 2.04. The Morgan fingerprint density at radius 3 is 2.29 bits per heavy atom. The predicted molar refractivity (Wildman–Crippen MR) is 29.5 cm³/mol. The third-order valence-electron chi connectivity index (χ3n) is 0.508. The van der Waals surface area contributed by atoms with Gasteiger partial charge >= 0.3 is 0 Å². The molecule has 0 unspecified atom stereocenters. The zero-order chi connectivity index (χ0) is 5.86. The molecule has 3 heteroatoms. The fourth-order valence-corrected chi connectivity index (χ4v) is 0.0958. The molecule has 0 aromatic heterocycles. The first-order valence-corrected chi connectivity index (χ1v) is 2.70. The summed E-state index contributed by atoms with van der Waals surface area (Å²) in [5.74, 6) is -0.157. The molecule has 0 saturated carbocycles. The highest BCUT2D eigenvalue weighted by Crippen LogP contribution is 1.93. The van der Waals surface area contributed by atoms with Crippen LogP contribution in [0.25, 0.3) is 0 Å². The van der Waals surface area contributed by atoms with Gasteiger partial charge in [0.15, 0.2) is 5.78 Å². The van der Waals surface area contributed by atoms with Crippen LogP contribution in [-0.2, 0) is 9.59 Å². The van der Waals surface area contributed by atoms with Gasteiger partial charge in [-0.05, 0) is 6.92 Å². The maximum absolute atomic E-state index is 10.1. The standard InChI is InChI=1S/C4H5BrO2/c1-3(7)4(5)2-6/h2,4H,1H3/t4-/m0/s1. The Morgan fingerprint density at radius 1 is 1.86 bits per heavy atom. The molecule has 0 aliphatic rings. The van der Waals surface area contributed by atoms with Crippen molar-refractivity contribution in [3.63, 3.8) is 0 Å². The van der Waals surface area contributed by atoms with Crippen LogP contribution in [0.15, 0.2) is 0 Å². The molecular weight excluding hydrogens is 160 g/mol. The van der Waals surface area contributed by atoms with E-state index in [-0.39, 0.29) is 5.78 Å². The highest BCUT2D eigenvalue weighted by atomic mass is 79.9. The molecule has 0 saturated heterocycles. The average molecular weight is 165 g/mol. The molecule has 2 nitrogen and oxygen atoms in total. The van der Waals surface area contributed by atoms with Gasteiger partial charge < -0.3 is 4.79 Å². The fourth-order valence-electron chi connectivity index (χ4n) is 0.0958. The quantitative estimate of drug-likeness (QED) is 0.340. The van der Waals surface area contributed by atoms with Crippen LogP contribution in [0.5, 0.6) is 0 Å². The summed E-state index contributed by atoms with van der Waals surface area (Å²) in [5, 5.41) is 0. The first-order chi connectivity index (χ1) is 3.18. The van der Waals surface area contributed by atoms with Crippen molar-refractivity contribution in [1.82, 2.24) is 0 Å². The van der Waals surface area contributed by atoms with Gasteiger partial charge in [0.05, 0.1) is 0 Å². The Bertz CT molecular complexity index is 89.7. The van der Waals surface area contributed by atoms with E-state index in [9.17, 15) is 9.59 Å². The van der Waals surface area contributed by atoms with Crippen LogP contribution in [-0.4, -0.2) is 16.9 Å². The molecule has 1 atom stereocenters. The van der Waals surface area contributed by atoms with Crippen molar-refractivity contribution < 1.29 is 9.59 Å². The second-order valence-electron chi connectivity index (χ2n) is 1.15. The predicted octanol–water partition coefficient (Wildman–Crippen LogP) is 0.538. The SMILES string of the molecule is CC(=O)[C@@H](Br)C=O. The molecular formula is C4H5BrO2. The van der Waals surface area contributed by atoms with Gasteiger partial charge in [0, 0.05) is 0 Å². The molecule has 0 fully saturated rings. The minimum Gasteiger partial charge on any atom is -0.302 e. The summed E-state index contributed by atoms with van der Waals surface area (Å²) >= 11 is 2.82. The fraction of sp³-hybridized carbons (Fsp3) is 0.500. The summed E-state index contributed by atoms with van der Waals surface area (Å²) in [6.45, 7) is 1.35.